The molecule has 1 rings (SSSR count). The van der Waals surface area contributed by atoms with Gasteiger partial charge in [-0.2, -0.15) is 0 Å². The van der Waals surface area contributed by atoms with Crippen molar-refractivity contribution in [3.8, 4) is 0 Å². The van der Waals surface area contributed by atoms with Crippen LogP contribution in [-0.2, 0) is 6.42 Å². The number of hydrogen-bond acceptors (Lipinski definition) is 3. The van der Waals surface area contributed by atoms with Crippen LogP contribution in [0.25, 0.3) is 0 Å². The summed E-state index contributed by atoms with van der Waals surface area (Å²) in [6, 6.07) is 0. The van der Waals surface area contributed by atoms with E-state index < -0.39 is 0 Å². The molecule has 0 aromatic carbocycles. The number of nitrogens with zero attached hydrogens (tertiary/aromatic N) is 2. The number of aryl methyl sites for hydroxylation is 3. The standard InChI is InChI=1S/C9H14N2O/c1-6-7(2)11-9(4-5-12)8(3)10-6/h12H,4-5H2,1-3H3. The second-order valence-corrected chi connectivity index (χ2v) is 2.90. The molecule has 0 aliphatic rings. The molecule has 0 aliphatic carbocycles. The molecule has 12 heavy (non-hydrogen) atoms. The third kappa shape index (κ3) is 1.80. The smallest absolute Gasteiger partial charge is 0.0642 e. The van der Waals surface area contributed by atoms with Gasteiger partial charge in [-0.1, -0.05) is 0 Å². The van der Waals surface area contributed by atoms with E-state index in [0.717, 1.165) is 22.8 Å². The molecule has 0 fully saturated rings. The molecule has 0 atom stereocenters. The molecular formula is C9H14N2O. The van der Waals surface area contributed by atoms with Crippen LogP contribution in [0.1, 0.15) is 22.8 Å². The van der Waals surface area contributed by atoms with Gasteiger partial charge in [0.2, 0.25) is 0 Å². The van der Waals surface area contributed by atoms with Crippen LogP contribution in [-0.4, -0.2) is 21.7 Å². The van der Waals surface area contributed by atoms with Gasteiger partial charge in [0.15, 0.2) is 0 Å². The van der Waals surface area contributed by atoms with E-state index in [1.165, 1.54) is 0 Å². The van der Waals surface area contributed by atoms with Crippen LogP contribution >= 0.6 is 0 Å². The Bertz CT molecular complexity index is 284. The van der Waals surface area contributed by atoms with Gasteiger partial charge in [-0.05, 0) is 20.8 Å². The zero-order chi connectivity index (χ0) is 9.14. The first-order valence-corrected chi connectivity index (χ1v) is 4.06. The van der Waals surface area contributed by atoms with Gasteiger partial charge >= 0.3 is 0 Å². The average molecular weight is 166 g/mol. The summed E-state index contributed by atoms with van der Waals surface area (Å²) in [7, 11) is 0. The zero-order valence-corrected chi connectivity index (χ0v) is 7.76. The summed E-state index contributed by atoms with van der Waals surface area (Å²) in [6.07, 6.45) is 0.597. The van der Waals surface area contributed by atoms with Crippen molar-refractivity contribution in [3.63, 3.8) is 0 Å². The van der Waals surface area contributed by atoms with E-state index in [2.05, 4.69) is 9.97 Å². The lowest BCUT2D eigenvalue weighted by Gasteiger charge is -2.05. The molecule has 3 nitrogen and oxygen atoms in total. The molecule has 1 N–H and O–H groups in total. The van der Waals surface area contributed by atoms with E-state index in [4.69, 9.17) is 5.11 Å². The summed E-state index contributed by atoms with van der Waals surface area (Å²) >= 11 is 0. The maximum atomic E-state index is 8.74. The van der Waals surface area contributed by atoms with E-state index in [1.54, 1.807) is 0 Å². The molecule has 1 aromatic rings. The number of aliphatic hydroxyl groups is 1. The summed E-state index contributed by atoms with van der Waals surface area (Å²) in [5.41, 5.74) is 3.74. The summed E-state index contributed by atoms with van der Waals surface area (Å²) in [5.74, 6) is 0. The van der Waals surface area contributed by atoms with Crippen LogP contribution in [0.3, 0.4) is 0 Å². The molecule has 0 saturated carbocycles. The molecule has 1 heterocycles. The van der Waals surface area contributed by atoms with E-state index in [1.807, 2.05) is 20.8 Å². The van der Waals surface area contributed by atoms with Crippen LogP contribution in [0.4, 0.5) is 0 Å². The Kier molecular flexibility index (Phi) is 2.76. The monoisotopic (exact) mass is 166 g/mol. The topological polar surface area (TPSA) is 46.0 Å². The molecule has 0 spiro atoms. The highest BCUT2D eigenvalue weighted by atomic mass is 16.3. The molecule has 0 radical (unpaired) electrons. The molecular weight excluding hydrogens is 152 g/mol. The number of aromatic nitrogens is 2. The van der Waals surface area contributed by atoms with Gasteiger partial charge in [-0.3, -0.25) is 9.97 Å². The molecule has 3 heteroatoms. The number of aliphatic hydroxyl groups excluding tert-OH is 1. The lowest BCUT2D eigenvalue weighted by molar-refractivity contribution is 0.297. The average Bonchev–Trinajstić information content (AvgIpc) is 2.01. The van der Waals surface area contributed by atoms with Crippen molar-refractivity contribution in [3.05, 3.63) is 22.8 Å². The second-order valence-electron chi connectivity index (χ2n) is 2.90. The predicted octanol–water partition coefficient (Wildman–Crippen LogP) is 0.937. The fourth-order valence-corrected chi connectivity index (χ4v) is 1.10. The van der Waals surface area contributed by atoms with Crippen molar-refractivity contribution in [2.75, 3.05) is 6.61 Å². The van der Waals surface area contributed by atoms with E-state index in [0.29, 0.717) is 6.42 Å². The largest absolute Gasteiger partial charge is 0.396 e. The van der Waals surface area contributed by atoms with Crippen molar-refractivity contribution in [2.45, 2.75) is 27.2 Å². The SMILES string of the molecule is Cc1nc(C)c(CCO)nc1C. The van der Waals surface area contributed by atoms with Crippen molar-refractivity contribution >= 4 is 0 Å². The Morgan fingerprint density at radius 2 is 1.58 bits per heavy atom. The number of rotatable bonds is 2. The van der Waals surface area contributed by atoms with E-state index >= 15 is 0 Å². The lowest BCUT2D eigenvalue weighted by Crippen LogP contribution is -2.04. The highest BCUT2D eigenvalue weighted by molar-refractivity contribution is 5.17. The Labute approximate surface area is 72.5 Å². The summed E-state index contributed by atoms with van der Waals surface area (Å²) in [6.45, 7) is 5.93. The summed E-state index contributed by atoms with van der Waals surface area (Å²) in [5, 5.41) is 8.74. The van der Waals surface area contributed by atoms with Crippen molar-refractivity contribution in [1.82, 2.24) is 9.97 Å². The van der Waals surface area contributed by atoms with Crippen LogP contribution in [0, 0.1) is 20.8 Å². The van der Waals surface area contributed by atoms with Gasteiger partial charge in [-0.25, -0.2) is 0 Å². The van der Waals surface area contributed by atoms with Gasteiger partial charge in [0.25, 0.3) is 0 Å². The van der Waals surface area contributed by atoms with Crippen LogP contribution in [0.5, 0.6) is 0 Å². The molecule has 1 aromatic heterocycles. The Hall–Kier alpha value is -0.960. The van der Waals surface area contributed by atoms with Crippen molar-refractivity contribution in [1.29, 1.82) is 0 Å². The molecule has 0 unspecified atom stereocenters. The highest BCUT2D eigenvalue weighted by Crippen LogP contribution is 2.06. The second kappa shape index (κ2) is 3.63. The fraction of sp³-hybridized carbons (Fsp3) is 0.556. The van der Waals surface area contributed by atoms with Gasteiger partial charge in [0.05, 0.1) is 22.8 Å². The van der Waals surface area contributed by atoms with Crippen molar-refractivity contribution < 1.29 is 5.11 Å². The van der Waals surface area contributed by atoms with E-state index in [-0.39, 0.29) is 6.61 Å². The maximum Gasteiger partial charge on any atom is 0.0642 e. The zero-order valence-electron chi connectivity index (χ0n) is 7.76. The summed E-state index contributed by atoms with van der Waals surface area (Å²) in [4.78, 5) is 8.66. The quantitative estimate of drug-likeness (QED) is 0.711. The van der Waals surface area contributed by atoms with Crippen molar-refractivity contribution in [2.24, 2.45) is 0 Å². The third-order valence-corrected chi connectivity index (χ3v) is 1.93. The molecule has 0 bridgehead atoms. The first-order valence-electron chi connectivity index (χ1n) is 4.06. The van der Waals surface area contributed by atoms with Crippen LogP contribution in [0.2, 0.25) is 0 Å². The van der Waals surface area contributed by atoms with Crippen LogP contribution in [0.15, 0.2) is 0 Å². The van der Waals surface area contributed by atoms with Gasteiger partial charge in [0.1, 0.15) is 0 Å². The molecule has 0 aliphatic heterocycles. The van der Waals surface area contributed by atoms with E-state index in [9.17, 15) is 0 Å². The Morgan fingerprint density at radius 3 is 2.17 bits per heavy atom. The Balaban J connectivity index is 3.05. The molecule has 0 amide bonds. The molecule has 66 valence electrons. The number of hydrogen-bond donors (Lipinski definition) is 1. The van der Waals surface area contributed by atoms with Gasteiger partial charge < -0.3 is 5.11 Å². The normalized spacial score (nSPS) is 10.3. The minimum absolute atomic E-state index is 0.137. The van der Waals surface area contributed by atoms with Gasteiger partial charge in [-0.15, -0.1) is 0 Å². The van der Waals surface area contributed by atoms with Crippen LogP contribution < -0.4 is 0 Å². The fourth-order valence-electron chi connectivity index (χ4n) is 1.10. The molecule has 0 saturated heterocycles. The highest BCUT2D eigenvalue weighted by Gasteiger charge is 2.03. The third-order valence-electron chi connectivity index (χ3n) is 1.93. The summed E-state index contributed by atoms with van der Waals surface area (Å²) < 4.78 is 0. The first-order chi connectivity index (χ1) is 5.65. The minimum Gasteiger partial charge on any atom is -0.396 e. The first kappa shape index (κ1) is 9.13. The predicted molar refractivity (Wildman–Crippen MR) is 47.0 cm³/mol. The maximum absolute atomic E-state index is 8.74. The lowest BCUT2D eigenvalue weighted by atomic mass is 10.2. The Morgan fingerprint density at radius 1 is 1.00 bits per heavy atom. The van der Waals surface area contributed by atoms with Gasteiger partial charge in [0, 0.05) is 13.0 Å². The minimum atomic E-state index is 0.137.